The predicted octanol–water partition coefficient (Wildman–Crippen LogP) is 6.34. The second-order valence-corrected chi connectivity index (χ2v) is 12.4. The average Bonchev–Trinajstić information content (AvgIpc) is 3.81. The van der Waals surface area contributed by atoms with Crippen LogP contribution in [0.1, 0.15) is 49.7 Å². The number of imidazole rings is 1. The molecule has 2 aromatic heterocycles. The third-order valence-electron chi connectivity index (χ3n) is 7.82. The van der Waals surface area contributed by atoms with Crippen molar-refractivity contribution in [2.45, 2.75) is 25.9 Å². The van der Waals surface area contributed by atoms with Crippen molar-refractivity contribution in [3.8, 4) is 6.07 Å². The Hall–Kier alpha value is -4.49. The predicted molar refractivity (Wildman–Crippen MR) is 174 cm³/mol. The molecule has 10 heteroatoms. The summed E-state index contributed by atoms with van der Waals surface area (Å²) in [5.41, 5.74) is 3.63. The van der Waals surface area contributed by atoms with Crippen LogP contribution in [0.3, 0.4) is 0 Å². The van der Waals surface area contributed by atoms with Crippen molar-refractivity contribution in [3.05, 3.63) is 118 Å². The standard InChI is InChI=1S/C34H31ClN6O2S/c35-28-5-3-4-26(16-28)34(43)41(22-30-20-37-23-40(30)21-25-8-6-24(19-36)7-9-25)29-10-11-31-27(17-29)18-32(44-31)33(42)38-12-15-39-13-1-2-14-39/h3-11,16-18,20,23H,1-2,12-15,21-22H2,(H,38,42). The highest BCUT2D eigenvalue weighted by molar-refractivity contribution is 7.20. The minimum absolute atomic E-state index is 0.0782. The monoisotopic (exact) mass is 622 g/mol. The third kappa shape index (κ3) is 6.84. The van der Waals surface area contributed by atoms with Gasteiger partial charge in [0.25, 0.3) is 11.8 Å². The minimum atomic E-state index is -0.201. The maximum atomic E-state index is 14.0. The number of benzene rings is 3. The van der Waals surface area contributed by atoms with Crippen LogP contribution < -0.4 is 10.2 Å². The number of likely N-dealkylation sites (tertiary alicyclic amines) is 1. The van der Waals surface area contributed by atoms with E-state index in [4.69, 9.17) is 16.9 Å². The van der Waals surface area contributed by atoms with Gasteiger partial charge < -0.3 is 19.7 Å². The number of halogens is 1. The van der Waals surface area contributed by atoms with Crippen molar-refractivity contribution in [2.24, 2.45) is 0 Å². The lowest BCUT2D eigenvalue weighted by atomic mass is 10.1. The molecule has 1 saturated heterocycles. The third-order valence-corrected chi connectivity index (χ3v) is 9.17. The summed E-state index contributed by atoms with van der Waals surface area (Å²) in [5, 5.41) is 13.6. The molecule has 1 aliphatic rings. The molecule has 1 N–H and O–H groups in total. The van der Waals surface area contributed by atoms with E-state index in [0.29, 0.717) is 39.8 Å². The molecular weight excluding hydrogens is 592 g/mol. The van der Waals surface area contributed by atoms with E-state index in [1.807, 2.05) is 41.0 Å². The maximum absolute atomic E-state index is 14.0. The minimum Gasteiger partial charge on any atom is -0.350 e. The second-order valence-electron chi connectivity index (χ2n) is 10.9. The average molecular weight is 623 g/mol. The molecule has 3 heterocycles. The zero-order chi connectivity index (χ0) is 30.5. The molecule has 0 aliphatic carbocycles. The molecule has 2 amide bonds. The van der Waals surface area contributed by atoms with Crippen LogP contribution in [0.2, 0.25) is 5.02 Å². The molecule has 0 bridgehead atoms. The van der Waals surface area contributed by atoms with Crippen LogP contribution in [0.15, 0.2) is 85.3 Å². The molecule has 1 fully saturated rings. The quantitative estimate of drug-likeness (QED) is 0.196. The molecule has 0 radical (unpaired) electrons. The lowest BCUT2D eigenvalue weighted by molar-refractivity contribution is 0.0952. The Morgan fingerprint density at radius 2 is 1.86 bits per heavy atom. The zero-order valence-electron chi connectivity index (χ0n) is 24.1. The number of carbonyl (C=O) groups is 2. The van der Waals surface area contributed by atoms with Gasteiger partial charge in [0.05, 0.1) is 35.1 Å². The molecule has 44 heavy (non-hydrogen) atoms. The number of nitriles is 1. The van der Waals surface area contributed by atoms with Gasteiger partial charge in [0.15, 0.2) is 0 Å². The fraction of sp³-hybridized carbons (Fsp3) is 0.235. The SMILES string of the molecule is N#Cc1ccc(Cn2cncc2CN(C(=O)c2cccc(Cl)c2)c2ccc3sc(C(=O)NCCN4CCCC4)cc3c2)cc1. The lowest BCUT2D eigenvalue weighted by Gasteiger charge is -2.24. The lowest BCUT2D eigenvalue weighted by Crippen LogP contribution is -2.33. The number of anilines is 1. The molecule has 8 nitrogen and oxygen atoms in total. The van der Waals surface area contributed by atoms with Crippen LogP contribution in [0.4, 0.5) is 5.69 Å². The highest BCUT2D eigenvalue weighted by Crippen LogP contribution is 2.31. The van der Waals surface area contributed by atoms with Crippen LogP contribution in [-0.2, 0) is 13.1 Å². The number of hydrogen-bond acceptors (Lipinski definition) is 6. The molecule has 5 aromatic rings. The van der Waals surface area contributed by atoms with E-state index >= 15 is 0 Å². The van der Waals surface area contributed by atoms with Gasteiger partial charge in [-0.1, -0.05) is 29.8 Å². The van der Waals surface area contributed by atoms with Crippen LogP contribution in [-0.4, -0.2) is 52.4 Å². The zero-order valence-corrected chi connectivity index (χ0v) is 25.7. The van der Waals surface area contributed by atoms with E-state index in [2.05, 4.69) is 21.3 Å². The van der Waals surface area contributed by atoms with E-state index in [-0.39, 0.29) is 18.4 Å². The Bertz CT molecular complexity index is 1830. The Morgan fingerprint density at radius 1 is 1.05 bits per heavy atom. The summed E-state index contributed by atoms with van der Waals surface area (Å²) in [6, 6.07) is 24.2. The van der Waals surface area contributed by atoms with Crippen molar-refractivity contribution in [3.63, 3.8) is 0 Å². The summed E-state index contributed by atoms with van der Waals surface area (Å²) in [7, 11) is 0. The second kappa shape index (κ2) is 13.4. The number of hydrogen-bond donors (Lipinski definition) is 1. The highest BCUT2D eigenvalue weighted by Gasteiger charge is 2.22. The van der Waals surface area contributed by atoms with Gasteiger partial charge in [0, 0.05) is 46.8 Å². The van der Waals surface area contributed by atoms with Gasteiger partial charge in [-0.25, -0.2) is 4.98 Å². The summed E-state index contributed by atoms with van der Waals surface area (Å²) in [6.07, 6.45) is 5.95. The molecule has 0 unspecified atom stereocenters. The van der Waals surface area contributed by atoms with Gasteiger partial charge in [-0.05, 0) is 91.5 Å². The molecular formula is C34H31ClN6O2S. The van der Waals surface area contributed by atoms with E-state index < -0.39 is 0 Å². The van der Waals surface area contributed by atoms with Gasteiger partial charge in [-0.2, -0.15) is 5.26 Å². The molecule has 0 spiro atoms. The van der Waals surface area contributed by atoms with Gasteiger partial charge >= 0.3 is 0 Å². The topological polar surface area (TPSA) is 94.3 Å². The summed E-state index contributed by atoms with van der Waals surface area (Å²) in [6.45, 7) is 4.49. The van der Waals surface area contributed by atoms with Gasteiger partial charge in [-0.3, -0.25) is 9.59 Å². The van der Waals surface area contributed by atoms with Crippen LogP contribution >= 0.6 is 22.9 Å². The van der Waals surface area contributed by atoms with Gasteiger partial charge in [0.2, 0.25) is 0 Å². The molecule has 0 atom stereocenters. The molecule has 0 saturated carbocycles. The number of fused-ring (bicyclic) bond motifs is 1. The molecule has 3 aromatic carbocycles. The number of thiophene rings is 1. The number of carbonyl (C=O) groups excluding carboxylic acids is 2. The summed E-state index contributed by atoms with van der Waals surface area (Å²) >= 11 is 7.70. The molecule has 222 valence electrons. The van der Waals surface area contributed by atoms with Crippen molar-refractivity contribution in [1.82, 2.24) is 19.8 Å². The van der Waals surface area contributed by atoms with E-state index in [1.165, 1.54) is 24.2 Å². The van der Waals surface area contributed by atoms with E-state index in [1.54, 1.807) is 53.8 Å². The molecule has 1 aliphatic heterocycles. The van der Waals surface area contributed by atoms with Crippen LogP contribution in [0.5, 0.6) is 0 Å². The Morgan fingerprint density at radius 3 is 2.64 bits per heavy atom. The fourth-order valence-electron chi connectivity index (χ4n) is 5.45. The Labute approximate surface area is 265 Å². The summed E-state index contributed by atoms with van der Waals surface area (Å²) in [5.74, 6) is -0.279. The Kier molecular flexibility index (Phi) is 9.03. The van der Waals surface area contributed by atoms with Gasteiger partial charge in [-0.15, -0.1) is 11.3 Å². The first-order valence-electron chi connectivity index (χ1n) is 14.6. The molecule has 6 rings (SSSR count). The van der Waals surface area contributed by atoms with E-state index in [0.717, 1.165) is 41.0 Å². The summed E-state index contributed by atoms with van der Waals surface area (Å²) < 4.78 is 2.97. The van der Waals surface area contributed by atoms with Crippen molar-refractivity contribution < 1.29 is 9.59 Å². The summed E-state index contributed by atoms with van der Waals surface area (Å²) in [4.78, 5) is 36.0. The first kappa shape index (κ1) is 29.6. The van der Waals surface area contributed by atoms with Crippen LogP contribution in [0.25, 0.3) is 10.1 Å². The number of aromatic nitrogens is 2. The fourth-order valence-corrected chi connectivity index (χ4v) is 6.60. The number of nitrogens with zero attached hydrogens (tertiary/aromatic N) is 5. The number of amides is 2. The van der Waals surface area contributed by atoms with E-state index in [9.17, 15) is 9.59 Å². The first-order valence-corrected chi connectivity index (χ1v) is 15.8. The normalized spacial score (nSPS) is 13.2. The Balaban J connectivity index is 1.26. The van der Waals surface area contributed by atoms with Crippen molar-refractivity contribution in [1.29, 1.82) is 5.26 Å². The van der Waals surface area contributed by atoms with Crippen LogP contribution in [0, 0.1) is 11.3 Å². The van der Waals surface area contributed by atoms with Gasteiger partial charge in [0.1, 0.15) is 0 Å². The number of rotatable bonds is 10. The smallest absolute Gasteiger partial charge is 0.261 e. The first-order chi connectivity index (χ1) is 21.5. The number of nitrogens with one attached hydrogen (secondary N) is 1. The largest absolute Gasteiger partial charge is 0.350 e. The van der Waals surface area contributed by atoms with Crippen molar-refractivity contribution in [2.75, 3.05) is 31.1 Å². The van der Waals surface area contributed by atoms with Crippen molar-refractivity contribution >= 4 is 50.5 Å². The maximum Gasteiger partial charge on any atom is 0.261 e. The highest BCUT2D eigenvalue weighted by atomic mass is 35.5.